The van der Waals surface area contributed by atoms with Crippen molar-refractivity contribution in [1.29, 1.82) is 0 Å². The molecule has 0 saturated carbocycles. The van der Waals surface area contributed by atoms with Gasteiger partial charge in [0, 0.05) is 0 Å². The Balaban J connectivity index is 0.000000148. The average molecular weight is 724 g/mol. The second-order valence-corrected chi connectivity index (χ2v) is 12.0. The lowest BCUT2D eigenvalue weighted by Crippen LogP contribution is -2.52. The average Bonchev–Trinajstić information content (AvgIpc) is 3.56. The molecule has 4 aliphatic heterocycles. The first-order chi connectivity index (χ1) is 17.5. The molecule has 4 fully saturated rings. The molecule has 0 aliphatic carbocycles. The molecule has 10 heteroatoms. The Morgan fingerprint density at radius 2 is 1.06 bits per heavy atom. The summed E-state index contributed by atoms with van der Waals surface area (Å²) in [5.74, 6) is 0. The van der Waals surface area contributed by atoms with Gasteiger partial charge in [0.05, 0.1) is 46.5 Å². The van der Waals surface area contributed by atoms with Gasteiger partial charge >= 0.3 is 0 Å². The van der Waals surface area contributed by atoms with E-state index < -0.39 is 12.2 Å². The molecule has 2 aromatic carbocycles. The van der Waals surface area contributed by atoms with Crippen molar-refractivity contribution in [3.05, 3.63) is 71.8 Å². The molecule has 4 heterocycles. The molecule has 36 heavy (non-hydrogen) atoms. The molecule has 4 saturated heterocycles. The number of rotatable bonds is 6. The van der Waals surface area contributed by atoms with Crippen molar-refractivity contribution in [2.75, 3.05) is 13.2 Å². The second kappa shape index (κ2) is 12.6. The van der Waals surface area contributed by atoms with Crippen LogP contribution in [-0.2, 0) is 41.6 Å². The Kier molecular flexibility index (Phi) is 9.52. The zero-order chi connectivity index (χ0) is 25.1. The molecule has 4 aliphatic rings. The predicted molar refractivity (Wildman–Crippen MR) is 147 cm³/mol. The number of hydrogen-bond acceptors (Lipinski definition) is 8. The largest absolute Gasteiger partial charge is 0.389 e. The maximum Gasteiger partial charge on any atom is 0.172 e. The predicted octanol–water partition coefficient (Wildman–Crippen LogP) is 2.98. The number of halogens is 2. The molecule has 4 bridgehead atoms. The molecular formula is C26H30I2O8. The molecule has 8 nitrogen and oxygen atoms in total. The highest BCUT2D eigenvalue weighted by Gasteiger charge is 2.50. The zero-order valence-corrected chi connectivity index (χ0v) is 23.8. The van der Waals surface area contributed by atoms with E-state index in [1.54, 1.807) is 0 Å². The van der Waals surface area contributed by atoms with Gasteiger partial charge in [-0.1, -0.05) is 106 Å². The van der Waals surface area contributed by atoms with Gasteiger partial charge in [0.1, 0.15) is 24.4 Å². The third kappa shape index (κ3) is 6.24. The second-order valence-electron chi connectivity index (χ2n) is 9.14. The molecule has 2 aromatic rings. The highest BCUT2D eigenvalue weighted by molar-refractivity contribution is 14.1. The van der Waals surface area contributed by atoms with Crippen LogP contribution >= 0.6 is 45.2 Å². The van der Waals surface area contributed by atoms with E-state index in [0.717, 1.165) is 11.1 Å². The molecule has 10 atom stereocenters. The third-order valence-electron chi connectivity index (χ3n) is 6.62. The Bertz CT molecular complexity index is 876. The molecule has 2 N–H and O–H groups in total. The van der Waals surface area contributed by atoms with Gasteiger partial charge in [-0.05, 0) is 11.1 Å². The van der Waals surface area contributed by atoms with Crippen LogP contribution in [0.25, 0.3) is 0 Å². The van der Waals surface area contributed by atoms with Crippen molar-refractivity contribution in [3.63, 3.8) is 0 Å². The van der Waals surface area contributed by atoms with Crippen LogP contribution in [0.3, 0.4) is 0 Å². The molecule has 6 rings (SSSR count). The van der Waals surface area contributed by atoms with Crippen LogP contribution in [0.2, 0.25) is 0 Å². The summed E-state index contributed by atoms with van der Waals surface area (Å²) in [5.41, 5.74) is 2.19. The van der Waals surface area contributed by atoms with Crippen molar-refractivity contribution >= 4 is 45.2 Å². The zero-order valence-electron chi connectivity index (χ0n) is 19.5. The van der Waals surface area contributed by atoms with Gasteiger partial charge < -0.3 is 38.6 Å². The lowest BCUT2D eigenvalue weighted by Gasteiger charge is -2.35. The third-order valence-corrected chi connectivity index (χ3v) is 9.26. The van der Waals surface area contributed by atoms with Crippen LogP contribution < -0.4 is 0 Å². The van der Waals surface area contributed by atoms with Gasteiger partial charge in [0.15, 0.2) is 12.6 Å². The topological polar surface area (TPSA) is 95.8 Å². The molecule has 0 amide bonds. The van der Waals surface area contributed by atoms with E-state index in [0.29, 0.717) is 26.4 Å². The maximum absolute atomic E-state index is 10.2. The van der Waals surface area contributed by atoms with E-state index >= 15 is 0 Å². The number of fused-ring (bicyclic) bond motifs is 4. The summed E-state index contributed by atoms with van der Waals surface area (Å²) in [6.07, 6.45) is -2.60. The van der Waals surface area contributed by atoms with E-state index in [1.165, 1.54) is 0 Å². The standard InChI is InChI=1S/2C13H15IO4/c2*14-10-11(15)12(9-7-17-13(10)18-9)16-6-8-4-2-1-3-5-8/h2*1-5,9-13,15H,6-7H2/t2*9-,10-,11-,12-,13-/m11/s1. The quantitative estimate of drug-likeness (QED) is 0.348. The number of alkyl halides is 2. The van der Waals surface area contributed by atoms with Crippen LogP contribution in [-0.4, -0.2) is 80.5 Å². The normalized spacial score (nSPS) is 38.9. The fourth-order valence-corrected chi connectivity index (χ4v) is 6.20. The minimum atomic E-state index is -0.541. The Hall–Kier alpha value is -0.420. The smallest absolute Gasteiger partial charge is 0.172 e. The van der Waals surface area contributed by atoms with Crippen LogP contribution in [0.4, 0.5) is 0 Å². The summed E-state index contributed by atoms with van der Waals surface area (Å²) in [7, 11) is 0. The summed E-state index contributed by atoms with van der Waals surface area (Å²) in [4.78, 5) is 0. The van der Waals surface area contributed by atoms with E-state index in [2.05, 4.69) is 45.2 Å². The summed E-state index contributed by atoms with van der Waals surface area (Å²) >= 11 is 4.32. The molecule has 0 unspecified atom stereocenters. The lowest BCUT2D eigenvalue weighted by atomic mass is 10.0. The summed E-state index contributed by atoms with van der Waals surface area (Å²) in [5, 5.41) is 20.4. The number of ether oxygens (including phenoxy) is 6. The minimum absolute atomic E-state index is 0.0814. The van der Waals surface area contributed by atoms with E-state index in [9.17, 15) is 10.2 Å². The number of benzene rings is 2. The van der Waals surface area contributed by atoms with E-state index in [-0.39, 0.29) is 44.8 Å². The van der Waals surface area contributed by atoms with Crippen LogP contribution in [0, 0.1) is 0 Å². The highest BCUT2D eigenvalue weighted by atomic mass is 127. The van der Waals surface area contributed by atoms with E-state index in [4.69, 9.17) is 28.4 Å². The maximum atomic E-state index is 10.2. The molecule has 0 radical (unpaired) electrons. The molecule has 0 aromatic heterocycles. The number of hydrogen-bond donors (Lipinski definition) is 2. The highest BCUT2D eigenvalue weighted by Crippen LogP contribution is 2.35. The Morgan fingerprint density at radius 3 is 1.44 bits per heavy atom. The van der Waals surface area contributed by atoms with Crippen molar-refractivity contribution < 1.29 is 38.6 Å². The monoisotopic (exact) mass is 724 g/mol. The Morgan fingerprint density at radius 1 is 0.667 bits per heavy atom. The first-order valence-corrected chi connectivity index (χ1v) is 14.5. The van der Waals surface area contributed by atoms with Gasteiger partial charge in [0.2, 0.25) is 0 Å². The molecule has 196 valence electrons. The SMILES string of the molecule is O[C@@H]1[C@@H](I)[C@@H]2OC[C@@H](O2)[C@H]1OCc1ccccc1.O[C@@H]1[C@@H](I)[C@@H]2OC[C@@H](O2)[C@H]1OCc1ccccc1. The van der Waals surface area contributed by atoms with Crippen molar-refractivity contribution in [2.24, 2.45) is 0 Å². The summed E-state index contributed by atoms with van der Waals surface area (Å²) in [6, 6.07) is 19.9. The van der Waals surface area contributed by atoms with Crippen LogP contribution in [0.5, 0.6) is 0 Å². The first kappa shape index (κ1) is 27.2. The van der Waals surface area contributed by atoms with Gasteiger partial charge in [-0.15, -0.1) is 0 Å². The van der Waals surface area contributed by atoms with Gasteiger partial charge in [-0.3, -0.25) is 0 Å². The number of aliphatic hydroxyl groups is 2. The van der Waals surface area contributed by atoms with Gasteiger partial charge in [0.25, 0.3) is 0 Å². The molecule has 0 spiro atoms. The lowest BCUT2D eigenvalue weighted by molar-refractivity contribution is -0.177. The van der Waals surface area contributed by atoms with Crippen LogP contribution in [0.1, 0.15) is 11.1 Å². The Labute approximate surface area is 237 Å². The van der Waals surface area contributed by atoms with Crippen molar-refractivity contribution in [3.8, 4) is 0 Å². The van der Waals surface area contributed by atoms with Crippen molar-refractivity contribution in [1.82, 2.24) is 0 Å². The van der Waals surface area contributed by atoms with Crippen molar-refractivity contribution in [2.45, 2.75) is 70.3 Å². The van der Waals surface area contributed by atoms with Gasteiger partial charge in [-0.25, -0.2) is 0 Å². The first-order valence-electron chi connectivity index (χ1n) is 12.0. The minimum Gasteiger partial charge on any atom is -0.389 e. The summed E-state index contributed by atoms with van der Waals surface area (Å²) in [6.45, 7) is 1.97. The van der Waals surface area contributed by atoms with E-state index in [1.807, 2.05) is 60.7 Å². The number of aliphatic hydroxyl groups excluding tert-OH is 2. The summed E-state index contributed by atoms with van der Waals surface area (Å²) < 4.78 is 33.8. The van der Waals surface area contributed by atoms with Crippen LogP contribution in [0.15, 0.2) is 60.7 Å². The fourth-order valence-electron chi connectivity index (χ4n) is 4.63. The fraction of sp³-hybridized carbons (Fsp3) is 0.538. The molecular weight excluding hydrogens is 694 g/mol. The van der Waals surface area contributed by atoms with Gasteiger partial charge in [-0.2, -0.15) is 0 Å².